The maximum atomic E-state index is 13.5. The quantitative estimate of drug-likeness (QED) is 0.0681. The van der Waals surface area contributed by atoms with E-state index in [1.54, 1.807) is 30.3 Å². The van der Waals surface area contributed by atoms with E-state index in [0.29, 0.717) is 44.5 Å². The Bertz CT molecular complexity index is 1590. The molecule has 0 spiro atoms. The summed E-state index contributed by atoms with van der Waals surface area (Å²) in [6.07, 6.45) is 3.90. The van der Waals surface area contributed by atoms with Gasteiger partial charge in [0.05, 0.1) is 18.2 Å². The summed E-state index contributed by atoms with van der Waals surface area (Å²) < 4.78 is 6.58. The summed E-state index contributed by atoms with van der Waals surface area (Å²) in [5.41, 5.74) is 1.88. The summed E-state index contributed by atoms with van der Waals surface area (Å²) in [5.74, 6) is -0.249. The number of benzene rings is 2. The molecule has 2 aromatic carbocycles. The van der Waals surface area contributed by atoms with Crippen molar-refractivity contribution in [3.8, 4) is 5.75 Å². The van der Waals surface area contributed by atoms with Crippen molar-refractivity contribution >= 4 is 57.3 Å². The van der Waals surface area contributed by atoms with Gasteiger partial charge in [0, 0.05) is 28.7 Å². The zero-order valence-corrected chi connectivity index (χ0v) is 24.7. The Hall–Kier alpha value is -3.73. The molecule has 3 heterocycles. The summed E-state index contributed by atoms with van der Waals surface area (Å²) in [6.45, 7) is 4.77. The number of anilines is 1. The highest BCUT2D eigenvalue weighted by Crippen LogP contribution is 2.44. The molecular weight excluding hydrogens is 580 g/mol. The van der Waals surface area contributed by atoms with E-state index in [0.717, 1.165) is 12.0 Å². The van der Waals surface area contributed by atoms with Gasteiger partial charge in [-0.1, -0.05) is 78.9 Å². The van der Waals surface area contributed by atoms with Gasteiger partial charge in [-0.2, -0.15) is 0 Å². The molecule has 1 N–H and O–H groups in total. The van der Waals surface area contributed by atoms with E-state index in [2.05, 4.69) is 29.0 Å². The van der Waals surface area contributed by atoms with Gasteiger partial charge in [-0.05, 0) is 53.8 Å². The maximum Gasteiger partial charge on any atom is 0.301 e. The molecule has 1 unspecified atom stereocenters. The predicted octanol–water partition coefficient (Wildman–Crippen LogP) is 6.93. The Morgan fingerprint density at radius 3 is 2.63 bits per heavy atom. The Kier molecular flexibility index (Phi) is 9.02. The Balaban J connectivity index is 1.52. The highest BCUT2D eigenvalue weighted by molar-refractivity contribution is 8.00. The van der Waals surface area contributed by atoms with Crippen LogP contribution in [0.5, 0.6) is 5.75 Å². The predicted molar refractivity (Wildman–Crippen MR) is 161 cm³/mol. The lowest BCUT2D eigenvalue weighted by Crippen LogP contribution is -2.29. The number of hydrogen-bond acceptors (Lipinski definition) is 9. The fourth-order valence-corrected chi connectivity index (χ4v) is 6.46. The lowest BCUT2D eigenvalue weighted by Gasteiger charge is -2.23. The molecule has 8 nitrogen and oxygen atoms in total. The molecule has 2 aromatic heterocycles. The molecule has 41 heavy (non-hydrogen) atoms. The number of rotatable bonds is 10. The summed E-state index contributed by atoms with van der Waals surface area (Å²) >= 11 is 8.93. The number of hydrogen-bond donors (Lipinski definition) is 1. The number of halogens is 1. The number of ether oxygens (including phenoxy) is 1. The molecule has 0 radical (unpaired) electrons. The van der Waals surface area contributed by atoms with E-state index in [1.165, 1.54) is 40.4 Å². The molecule has 0 bridgehead atoms. The molecule has 1 fully saturated rings. The zero-order chi connectivity index (χ0) is 28.9. The van der Waals surface area contributed by atoms with Crippen LogP contribution in [0.3, 0.4) is 0 Å². The number of aromatic nitrogens is 3. The topological polar surface area (TPSA) is 106 Å². The first kappa shape index (κ1) is 28.8. The lowest BCUT2D eigenvalue weighted by molar-refractivity contribution is -0.132. The number of ketones is 1. The highest BCUT2D eigenvalue weighted by atomic mass is 35.5. The van der Waals surface area contributed by atoms with Crippen molar-refractivity contribution < 1.29 is 19.4 Å². The second-order valence-corrected chi connectivity index (χ2v) is 12.3. The van der Waals surface area contributed by atoms with E-state index in [1.807, 2.05) is 30.3 Å². The SMILES string of the molecule is CC(C)CCOc1cccc(C2C(=C(O)c3ccncc3)C(=O)C(=O)N2c2nnc(SCc3ccccc3Cl)s2)c1. The van der Waals surface area contributed by atoms with Crippen LogP contribution in [-0.4, -0.2) is 38.6 Å². The molecule has 1 aliphatic rings. The van der Waals surface area contributed by atoms with Crippen molar-refractivity contribution in [3.63, 3.8) is 0 Å². The van der Waals surface area contributed by atoms with Crippen LogP contribution in [0.15, 0.2) is 83.0 Å². The minimum atomic E-state index is -0.939. The number of thioether (sulfide) groups is 1. The number of nitrogens with zero attached hydrogens (tertiary/aromatic N) is 4. The number of aliphatic hydroxyl groups is 1. The van der Waals surface area contributed by atoms with Gasteiger partial charge in [-0.3, -0.25) is 19.5 Å². The van der Waals surface area contributed by atoms with Crippen molar-refractivity contribution in [3.05, 3.63) is 100 Å². The molecule has 5 rings (SSSR count). The van der Waals surface area contributed by atoms with E-state index >= 15 is 0 Å². The van der Waals surface area contributed by atoms with Crippen LogP contribution in [0.2, 0.25) is 5.02 Å². The summed E-state index contributed by atoms with van der Waals surface area (Å²) in [6, 6.07) is 17.0. The Morgan fingerprint density at radius 2 is 1.88 bits per heavy atom. The highest BCUT2D eigenvalue weighted by Gasteiger charge is 2.48. The average molecular weight is 607 g/mol. The average Bonchev–Trinajstić information content (AvgIpc) is 3.54. The largest absolute Gasteiger partial charge is 0.507 e. The van der Waals surface area contributed by atoms with Gasteiger partial charge in [-0.15, -0.1) is 10.2 Å². The van der Waals surface area contributed by atoms with Crippen molar-refractivity contribution in [1.82, 2.24) is 15.2 Å². The van der Waals surface area contributed by atoms with Gasteiger partial charge in [0.25, 0.3) is 5.78 Å². The third kappa shape index (κ3) is 6.45. The minimum Gasteiger partial charge on any atom is -0.507 e. The van der Waals surface area contributed by atoms with Gasteiger partial charge in [0.1, 0.15) is 11.5 Å². The van der Waals surface area contributed by atoms with Crippen LogP contribution in [0.1, 0.15) is 43.0 Å². The second-order valence-electron chi connectivity index (χ2n) is 9.74. The summed E-state index contributed by atoms with van der Waals surface area (Å²) in [7, 11) is 0. The first-order chi connectivity index (χ1) is 19.8. The number of Topliss-reactive ketones (excluding diaryl/α,β-unsaturated/α-hetero) is 1. The van der Waals surface area contributed by atoms with Crippen LogP contribution in [0.4, 0.5) is 5.13 Å². The second kappa shape index (κ2) is 12.8. The summed E-state index contributed by atoms with van der Waals surface area (Å²) in [4.78, 5) is 32.3. The fourth-order valence-electron chi connectivity index (χ4n) is 4.31. The van der Waals surface area contributed by atoms with E-state index in [4.69, 9.17) is 16.3 Å². The number of carbonyl (C=O) groups excluding carboxylic acids is 2. The number of amides is 1. The van der Waals surface area contributed by atoms with E-state index < -0.39 is 17.7 Å². The molecule has 1 aliphatic heterocycles. The smallest absolute Gasteiger partial charge is 0.301 e. The molecule has 0 saturated carbocycles. The Morgan fingerprint density at radius 1 is 1.10 bits per heavy atom. The van der Waals surface area contributed by atoms with Gasteiger partial charge in [0.2, 0.25) is 5.13 Å². The number of pyridine rings is 1. The van der Waals surface area contributed by atoms with E-state index in [-0.39, 0.29) is 16.5 Å². The van der Waals surface area contributed by atoms with Gasteiger partial charge >= 0.3 is 5.91 Å². The number of carbonyl (C=O) groups is 2. The van der Waals surface area contributed by atoms with Gasteiger partial charge < -0.3 is 9.84 Å². The van der Waals surface area contributed by atoms with Crippen LogP contribution >= 0.6 is 34.7 Å². The van der Waals surface area contributed by atoms with Gasteiger partial charge in [-0.25, -0.2) is 0 Å². The summed E-state index contributed by atoms with van der Waals surface area (Å²) in [5, 5.41) is 20.7. The van der Waals surface area contributed by atoms with Crippen molar-refractivity contribution in [1.29, 1.82) is 0 Å². The zero-order valence-electron chi connectivity index (χ0n) is 22.4. The Labute approximate surface area is 251 Å². The third-order valence-corrected chi connectivity index (χ3v) is 8.92. The van der Waals surface area contributed by atoms with Crippen molar-refractivity contribution in [2.45, 2.75) is 36.4 Å². The molecule has 1 saturated heterocycles. The maximum absolute atomic E-state index is 13.5. The van der Waals surface area contributed by atoms with Crippen LogP contribution < -0.4 is 9.64 Å². The standard InChI is InChI=1S/C30H27ClN4O4S2/c1-18(2)12-15-39-22-8-5-7-20(16-22)25-24(26(36)19-10-13-32-14-11-19)27(37)28(38)35(25)29-33-34-30(41-29)40-17-21-6-3-4-9-23(21)31/h3-11,13-14,16,18,25,36H,12,15,17H2,1-2H3. The lowest BCUT2D eigenvalue weighted by atomic mass is 9.95. The van der Waals surface area contributed by atoms with E-state index in [9.17, 15) is 14.7 Å². The number of aliphatic hydroxyl groups excluding tert-OH is 1. The monoisotopic (exact) mass is 606 g/mol. The first-order valence-corrected chi connectivity index (χ1v) is 15.2. The first-order valence-electron chi connectivity index (χ1n) is 13.0. The molecular formula is C30H27ClN4O4S2. The third-order valence-electron chi connectivity index (χ3n) is 6.45. The molecule has 1 atom stereocenters. The van der Waals surface area contributed by atoms with Crippen molar-refractivity contribution in [2.75, 3.05) is 11.5 Å². The van der Waals surface area contributed by atoms with Crippen LogP contribution in [0.25, 0.3) is 5.76 Å². The molecule has 1 amide bonds. The van der Waals surface area contributed by atoms with Gasteiger partial charge in [0.15, 0.2) is 4.34 Å². The molecule has 210 valence electrons. The van der Waals surface area contributed by atoms with Crippen LogP contribution in [-0.2, 0) is 15.3 Å². The fraction of sp³-hybridized carbons (Fsp3) is 0.233. The molecule has 11 heteroatoms. The normalized spacial score (nSPS) is 16.5. The molecule has 4 aromatic rings. The minimum absolute atomic E-state index is 0.0407. The van der Waals surface area contributed by atoms with Crippen molar-refractivity contribution in [2.24, 2.45) is 5.92 Å². The molecule has 0 aliphatic carbocycles. The van der Waals surface area contributed by atoms with Crippen LogP contribution in [0, 0.1) is 5.92 Å².